The second-order valence-corrected chi connectivity index (χ2v) is 4.16. The summed E-state index contributed by atoms with van der Waals surface area (Å²) in [6.45, 7) is 2.15. The maximum atomic E-state index is 5.29. The molecule has 2 atom stereocenters. The lowest BCUT2D eigenvalue weighted by Crippen LogP contribution is -2.22. The van der Waals surface area contributed by atoms with E-state index < -0.39 is 0 Å². The molecule has 0 aliphatic heterocycles. The molecule has 1 rings (SSSR count). The van der Waals surface area contributed by atoms with Crippen LogP contribution in [0, 0.1) is 5.92 Å². The Morgan fingerprint density at radius 3 is 2.22 bits per heavy atom. The Balaban J connectivity index is 2.28. The predicted molar refractivity (Wildman–Crippen MR) is 41.9 cm³/mol. The second-order valence-electron chi connectivity index (χ2n) is 2.72. The highest BCUT2D eigenvalue weighted by atomic mass is 79.9. The molecule has 1 fully saturated rings. The van der Waals surface area contributed by atoms with Crippen LogP contribution in [0.1, 0.15) is 19.8 Å². The molecular weight excluding hydrogens is 180 g/mol. The summed E-state index contributed by atoms with van der Waals surface area (Å²) in [6, 6.07) is 0. The normalized spacial score (nSPS) is 25.7. The molecule has 2 heteroatoms. The summed E-state index contributed by atoms with van der Waals surface area (Å²) >= 11 is 3.52. The maximum Gasteiger partial charge on any atom is 0.0721 e. The van der Waals surface area contributed by atoms with Crippen molar-refractivity contribution in [1.82, 2.24) is 0 Å². The van der Waals surface area contributed by atoms with Crippen LogP contribution in [-0.4, -0.2) is 18.0 Å². The number of alkyl halides is 1. The van der Waals surface area contributed by atoms with Crippen molar-refractivity contribution in [2.45, 2.75) is 30.7 Å². The molecule has 0 bridgehead atoms. The van der Waals surface area contributed by atoms with Gasteiger partial charge in [0.25, 0.3) is 0 Å². The fourth-order valence-corrected chi connectivity index (χ4v) is 1.83. The topological polar surface area (TPSA) is 9.23 Å². The van der Waals surface area contributed by atoms with Gasteiger partial charge in [0.05, 0.1) is 6.10 Å². The van der Waals surface area contributed by atoms with Gasteiger partial charge < -0.3 is 4.74 Å². The highest BCUT2D eigenvalue weighted by Gasteiger charge is 2.33. The number of ether oxygens (including phenoxy) is 1. The molecule has 1 nitrogen and oxygen atoms in total. The molecule has 1 aliphatic carbocycles. The zero-order valence-electron chi connectivity index (χ0n) is 5.93. The van der Waals surface area contributed by atoms with Crippen molar-refractivity contribution in [2.75, 3.05) is 7.11 Å². The van der Waals surface area contributed by atoms with Crippen LogP contribution < -0.4 is 0 Å². The van der Waals surface area contributed by atoms with Crippen molar-refractivity contribution in [3.05, 3.63) is 0 Å². The van der Waals surface area contributed by atoms with Crippen LogP contribution in [0.25, 0.3) is 0 Å². The summed E-state index contributed by atoms with van der Waals surface area (Å²) in [5.74, 6) is 0.837. The number of rotatable bonds is 3. The summed E-state index contributed by atoms with van der Waals surface area (Å²) in [5, 5.41) is 0. The van der Waals surface area contributed by atoms with Crippen molar-refractivity contribution in [1.29, 1.82) is 0 Å². The van der Waals surface area contributed by atoms with Gasteiger partial charge >= 0.3 is 0 Å². The Hall–Kier alpha value is 0.440. The first-order valence-electron chi connectivity index (χ1n) is 3.42. The predicted octanol–water partition coefficient (Wildman–Crippen LogP) is 2.19. The second kappa shape index (κ2) is 3.02. The molecule has 9 heavy (non-hydrogen) atoms. The van der Waals surface area contributed by atoms with E-state index in [9.17, 15) is 0 Å². The lowest BCUT2D eigenvalue weighted by Gasteiger charge is -2.16. The monoisotopic (exact) mass is 192 g/mol. The summed E-state index contributed by atoms with van der Waals surface area (Å²) in [5.41, 5.74) is 0. The van der Waals surface area contributed by atoms with Crippen LogP contribution in [-0.2, 0) is 4.74 Å². The molecule has 0 heterocycles. The molecule has 0 N–H and O–H groups in total. The van der Waals surface area contributed by atoms with Gasteiger partial charge in [-0.2, -0.15) is 0 Å². The van der Waals surface area contributed by atoms with Gasteiger partial charge in [0, 0.05) is 11.9 Å². The molecule has 1 saturated carbocycles. The van der Waals surface area contributed by atoms with Gasteiger partial charge in [-0.05, 0) is 18.8 Å². The lowest BCUT2D eigenvalue weighted by atomic mass is 10.2. The molecule has 0 spiro atoms. The van der Waals surface area contributed by atoms with Crippen LogP contribution >= 0.6 is 15.9 Å². The summed E-state index contributed by atoms with van der Waals surface area (Å²) in [7, 11) is 1.79. The third kappa shape index (κ3) is 1.94. The first kappa shape index (κ1) is 7.55. The zero-order chi connectivity index (χ0) is 6.85. The minimum absolute atomic E-state index is 0.449. The number of hydrogen-bond donors (Lipinski definition) is 0. The molecule has 0 amide bonds. The summed E-state index contributed by atoms with van der Waals surface area (Å²) in [6.07, 6.45) is 3.16. The van der Waals surface area contributed by atoms with Crippen molar-refractivity contribution in [3.8, 4) is 0 Å². The van der Waals surface area contributed by atoms with Gasteiger partial charge in [0.1, 0.15) is 0 Å². The minimum atomic E-state index is 0.449. The van der Waals surface area contributed by atoms with E-state index in [0.29, 0.717) is 10.9 Å². The Bertz CT molecular complexity index is 86.9. The maximum absolute atomic E-state index is 5.29. The van der Waals surface area contributed by atoms with Gasteiger partial charge in [-0.1, -0.05) is 22.9 Å². The van der Waals surface area contributed by atoms with E-state index in [-0.39, 0.29) is 0 Å². The van der Waals surface area contributed by atoms with E-state index in [1.54, 1.807) is 7.11 Å². The van der Waals surface area contributed by atoms with Crippen LogP contribution in [0.4, 0.5) is 0 Å². The molecule has 54 valence electrons. The van der Waals surface area contributed by atoms with Crippen LogP contribution in [0.15, 0.2) is 0 Å². The largest absolute Gasteiger partial charge is 0.380 e. The fraction of sp³-hybridized carbons (Fsp3) is 1.00. The standard InChI is InChI=1S/C7H13BrO/c1-5(8)7(9-2)6-3-4-6/h5-7H,3-4H2,1-2H3. The summed E-state index contributed by atoms with van der Waals surface area (Å²) in [4.78, 5) is 0.509. The third-order valence-corrected chi connectivity index (χ3v) is 2.33. The highest BCUT2D eigenvalue weighted by molar-refractivity contribution is 9.09. The zero-order valence-corrected chi connectivity index (χ0v) is 7.52. The molecule has 1 aliphatic rings. The molecule has 0 aromatic rings. The van der Waals surface area contributed by atoms with Crippen molar-refractivity contribution < 1.29 is 4.74 Å². The van der Waals surface area contributed by atoms with Crippen molar-refractivity contribution in [2.24, 2.45) is 5.92 Å². The first-order chi connectivity index (χ1) is 4.25. The van der Waals surface area contributed by atoms with Crippen LogP contribution in [0.5, 0.6) is 0 Å². The molecule has 0 aromatic carbocycles. The summed E-state index contributed by atoms with van der Waals surface area (Å²) < 4.78 is 5.29. The van der Waals surface area contributed by atoms with E-state index >= 15 is 0 Å². The van der Waals surface area contributed by atoms with E-state index in [4.69, 9.17) is 4.74 Å². The van der Waals surface area contributed by atoms with E-state index in [2.05, 4.69) is 22.9 Å². The van der Waals surface area contributed by atoms with E-state index in [1.165, 1.54) is 12.8 Å². The Labute approximate surface area is 64.9 Å². The smallest absolute Gasteiger partial charge is 0.0721 e. The average Bonchev–Trinajstić information content (AvgIpc) is 2.50. The number of methoxy groups -OCH3 is 1. The first-order valence-corrected chi connectivity index (χ1v) is 4.34. The molecule has 0 radical (unpaired) electrons. The highest BCUT2D eigenvalue weighted by Crippen LogP contribution is 2.37. The Kier molecular flexibility index (Phi) is 2.53. The van der Waals surface area contributed by atoms with Crippen LogP contribution in [0.3, 0.4) is 0 Å². The Morgan fingerprint density at radius 1 is 1.56 bits per heavy atom. The minimum Gasteiger partial charge on any atom is -0.380 e. The molecule has 0 aromatic heterocycles. The third-order valence-electron chi connectivity index (χ3n) is 1.81. The van der Waals surface area contributed by atoms with Gasteiger partial charge in [-0.3, -0.25) is 0 Å². The van der Waals surface area contributed by atoms with Gasteiger partial charge in [0.2, 0.25) is 0 Å². The average molecular weight is 193 g/mol. The lowest BCUT2D eigenvalue weighted by molar-refractivity contribution is 0.0874. The molecular formula is C7H13BrO. The number of hydrogen-bond acceptors (Lipinski definition) is 1. The SMILES string of the molecule is COC(C(C)Br)C1CC1. The van der Waals surface area contributed by atoms with Gasteiger partial charge in [-0.15, -0.1) is 0 Å². The van der Waals surface area contributed by atoms with Gasteiger partial charge in [0.15, 0.2) is 0 Å². The van der Waals surface area contributed by atoms with Crippen LogP contribution in [0.2, 0.25) is 0 Å². The van der Waals surface area contributed by atoms with E-state index in [1.807, 2.05) is 0 Å². The van der Waals surface area contributed by atoms with E-state index in [0.717, 1.165) is 5.92 Å². The van der Waals surface area contributed by atoms with Crippen molar-refractivity contribution in [3.63, 3.8) is 0 Å². The van der Waals surface area contributed by atoms with Crippen molar-refractivity contribution >= 4 is 15.9 Å². The fourth-order valence-electron chi connectivity index (χ4n) is 1.18. The molecule has 0 saturated heterocycles. The molecule has 2 unspecified atom stereocenters. The number of halogens is 1. The Morgan fingerprint density at radius 2 is 2.11 bits per heavy atom. The van der Waals surface area contributed by atoms with Gasteiger partial charge in [-0.25, -0.2) is 0 Å². The quantitative estimate of drug-likeness (QED) is 0.624.